The molecule has 1 atom stereocenters. The van der Waals surface area contributed by atoms with Gasteiger partial charge >= 0.3 is 5.69 Å². The molecule has 22 heavy (non-hydrogen) atoms. The van der Waals surface area contributed by atoms with Crippen molar-refractivity contribution in [3.05, 3.63) is 63.8 Å². The maximum absolute atomic E-state index is 11.2. The highest BCUT2D eigenvalue weighted by Gasteiger charge is 2.20. The van der Waals surface area contributed by atoms with Crippen molar-refractivity contribution in [3.63, 3.8) is 0 Å². The Labute approximate surface area is 129 Å². The first-order valence-electron chi connectivity index (χ1n) is 7.14. The molecular formula is C16H19N3O3. The summed E-state index contributed by atoms with van der Waals surface area (Å²) in [5.41, 5.74) is 1.60. The van der Waals surface area contributed by atoms with Gasteiger partial charge in [0.1, 0.15) is 0 Å². The summed E-state index contributed by atoms with van der Waals surface area (Å²) in [5.74, 6) is 0.269. The third-order valence-electron chi connectivity index (χ3n) is 3.30. The van der Waals surface area contributed by atoms with Crippen LogP contribution in [0.25, 0.3) is 0 Å². The molecule has 0 aliphatic carbocycles. The van der Waals surface area contributed by atoms with E-state index in [9.17, 15) is 10.1 Å². The van der Waals surface area contributed by atoms with E-state index < -0.39 is 4.92 Å². The lowest BCUT2D eigenvalue weighted by atomic mass is 10.1. The first kappa shape index (κ1) is 15.9. The minimum Gasteiger partial charge on any atom is -0.372 e. The van der Waals surface area contributed by atoms with Gasteiger partial charge < -0.3 is 10.1 Å². The van der Waals surface area contributed by atoms with Crippen LogP contribution in [0.15, 0.2) is 42.6 Å². The zero-order valence-corrected chi connectivity index (χ0v) is 12.7. The van der Waals surface area contributed by atoms with E-state index >= 15 is 0 Å². The molecule has 2 aromatic rings. The molecule has 0 amide bonds. The highest BCUT2D eigenvalue weighted by atomic mass is 16.6. The van der Waals surface area contributed by atoms with Crippen LogP contribution in [0.2, 0.25) is 0 Å². The van der Waals surface area contributed by atoms with Crippen molar-refractivity contribution in [2.24, 2.45) is 0 Å². The van der Waals surface area contributed by atoms with Gasteiger partial charge in [-0.15, -0.1) is 0 Å². The quantitative estimate of drug-likeness (QED) is 0.625. The Balaban J connectivity index is 2.17. The number of ether oxygens (including phenoxy) is 1. The van der Waals surface area contributed by atoms with E-state index in [-0.39, 0.29) is 17.6 Å². The molecule has 0 saturated heterocycles. The Hall–Kier alpha value is -2.47. The lowest BCUT2D eigenvalue weighted by Gasteiger charge is -2.18. The summed E-state index contributed by atoms with van der Waals surface area (Å²) in [6.07, 6.45) is 1.37. The van der Waals surface area contributed by atoms with E-state index in [1.807, 2.05) is 37.3 Å². The van der Waals surface area contributed by atoms with Gasteiger partial charge in [-0.25, -0.2) is 4.98 Å². The monoisotopic (exact) mass is 301 g/mol. The molecule has 1 aromatic carbocycles. The molecule has 0 bridgehead atoms. The summed E-state index contributed by atoms with van der Waals surface area (Å²) in [6.45, 7) is 4.59. The van der Waals surface area contributed by atoms with Gasteiger partial charge in [0.15, 0.2) is 0 Å². The van der Waals surface area contributed by atoms with E-state index in [1.165, 1.54) is 0 Å². The van der Waals surface area contributed by atoms with Crippen molar-refractivity contribution < 1.29 is 9.66 Å². The normalized spacial score (nSPS) is 11.9. The first-order chi connectivity index (χ1) is 10.6. The van der Waals surface area contributed by atoms with Gasteiger partial charge in [0.25, 0.3) is 0 Å². The molecule has 1 N–H and O–H groups in total. The van der Waals surface area contributed by atoms with Gasteiger partial charge in [0.05, 0.1) is 11.0 Å². The van der Waals surface area contributed by atoms with Crippen LogP contribution in [0.3, 0.4) is 0 Å². The van der Waals surface area contributed by atoms with Crippen LogP contribution >= 0.6 is 0 Å². The highest BCUT2D eigenvalue weighted by molar-refractivity contribution is 5.59. The van der Waals surface area contributed by atoms with E-state index in [0.717, 1.165) is 5.56 Å². The third kappa shape index (κ3) is 3.79. The van der Waals surface area contributed by atoms with Gasteiger partial charge in [-0.05, 0) is 25.5 Å². The summed E-state index contributed by atoms with van der Waals surface area (Å²) >= 11 is 0. The molecule has 0 spiro atoms. The standard InChI is InChI=1S/C16H19N3O3/c1-3-22-14(13-7-5-4-6-8-13)11-18-16-15(19(20)21)12(2)9-10-17-16/h4-10,14H,3,11H2,1-2H3,(H,17,18). The second-order valence-electron chi connectivity index (χ2n) is 4.82. The molecule has 1 unspecified atom stereocenters. The predicted molar refractivity (Wildman–Crippen MR) is 84.9 cm³/mol. The van der Waals surface area contributed by atoms with Crippen LogP contribution in [0, 0.1) is 17.0 Å². The molecule has 0 aliphatic rings. The number of pyridine rings is 1. The Morgan fingerprint density at radius 2 is 2.05 bits per heavy atom. The molecule has 0 aliphatic heterocycles. The largest absolute Gasteiger partial charge is 0.372 e. The number of aryl methyl sites for hydroxylation is 1. The molecule has 6 nitrogen and oxygen atoms in total. The van der Waals surface area contributed by atoms with E-state index in [2.05, 4.69) is 10.3 Å². The van der Waals surface area contributed by atoms with Gasteiger partial charge in [-0.2, -0.15) is 0 Å². The summed E-state index contributed by atoms with van der Waals surface area (Å²) in [5, 5.41) is 14.2. The molecule has 0 radical (unpaired) electrons. The zero-order chi connectivity index (χ0) is 15.9. The smallest absolute Gasteiger partial charge is 0.314 e. The Morgan fingerprint density at radius 3 is 2.68 bits per heavy atom. The fourth-order valence-corrected chi connectivity index (χ4v) is 2.24. The summed E-state index contributed by atoms with van der Waals surface area (Å²) in [7, 11) is 0. The second-order valence-corrected chi connectivity index (χ2v) is 4.82. The van der Waals surface area contributed by atoms with Gasteiger partial charge in [-0.1, -0.05) is 30.3 Å². The number of hydrogen-bond acceptors (Lipinski definition) is 5. The number of rotatable bonds is 7. The lowest BCUT2D eigenvalue weighted by molar-refractivity contribution is -0.384. The number of anilines is 1. The third-order valence-corrected chi connectivity index (χ3v) is 3.30. The summed E-state index contributed by atoms with van der Waals surface area (Å²) in [4.78, 5) is 14.8. The van der Waals surface area contributed by atoms with Crippen molar-refractivity contribution in [2.75, 3.05) is 18.5 Å². The number of nitro groups is 1. The van der Waals surface area contributed by atoms with Gasteiger partial charge in [0.2, 0.25) is 5.82 Å². The number of nitrogens with one attached hydrogen (secondary N) is 1. The minimum atomic E-state index is -0.414. The van der Waals surface area contributed by atoms with Crippen molar-refractivity contribution in [1.82, 2.24) is 4.98 Å². The Kier molecular flexibility index (Phi) is 5.43. The van der Waals surface area contributed by atoms with Crippen LogP contribution in [-0.2, 0) is 4.74 Å². The molecule has 0 saturated carbocycles. The molecule has 2 rings (SSSR count). The SMILES string of the molecule is CCOC(CNc1nccc(C)c1[N+](=O)[O-])c1ccccc1. The van der Waals surface area contributed by atoms with Crippen LogP contribution < -0.4 is 5.32 Å². The topological polar surface area (TPSA) is 77.3 Å². The number of aromatic nitrogens is 1. The highest BCUT2D eigenvalue weighted by Crippen LogP contribution is 2.26. The fourth-order valence-electron chi connectivity index (χ4n) is 2.24. The number of benzene rings is 1. The molecule has 1 aromatic heterocycles. The number of hydrogen-bond donors (Lipinski definition) is 1. The van der Waals surface area contributed by atoms with Crippen LogP contribution in [-0.4, -0.2) is 23.1 Å². The second kappa shape index (κ2) is 7.51. The average Bonchev–Trinajstić information content (AvgIpc) is 2.52. The van der Waals surface area contributed by atoms with Crippen LogP contribution in [0.5, 0.6) is 0 Å². The summed E-state index contributed by atoms with van der Waals surface area (Å²) in [6, 6.07) is 11.4. The molecule has 6 heteroatoms. The van der Waals surface area contributed by atoms with Crippen LogP contribution in [0.1, 0.15) is 24.2 Å². The van der Waals surface area contributed by atoms with E-state index in [1.54, 1.807) is 19.2 Å². The maximum atomic E-state index is 11.2. The molecule has 116 valence electrons. The molecular weight excluding hydrogens is 282 g/mol. The van der Waals surface area contributed by atoms with Crippen molar-refractivity contribution in [2.45, 2.75) is 20.0 Å². The van der Waals surface area contributed by atoms with Crippen molar-refractivity contribution in [3.8, 4) is 0 Å². The maximum Gasteiger partial charge on any atom is 0.314 e. The first-order valence-corrected chi connectivity index (χ1v) is 7.14. The van der Waals surface area contributed by atoms with Gasteiger partial charge in [0, 0.05) is 24.9 Å². The van der Waals surface area contributed by atoms with Gasteiger partial charge in [-0.3, -0.25) is 10.1 Å². The van der Waals surface area contributed by atoms with E-state index in [0.29, 0.717) is 18.7 Å². The molecule has 0 fully saturated rings. The molecule has 1 heterocycles. The van der Waals surface area contributed by atoms with Crippen LogP contribution in [0.4, 0.5) is 11.5 Å². The predicted octanol–water partition coefficient (Wildman–Crippen LogP) is 3.49. The fraction of sp³-hybridized carbons (Fsp3) is 0.312. The Morgan fingerprint density at radius 1 is 1.32 bits per heavy atom. The average molecular weight is 301 g/mol. The number of nitrogens with zero attached hydrogens (tertiary/aromatic N) is 2. The minimum absolute atomic E-state index is 0.00538. The lowest BCUT2D eigenvalue weighted by Crippen LogP contribution is -2.17. The van der Waals surface area contributed by atoms with Crippen molar-refractivity contribution >= 4 is 11.5 Å². The van der Waals surface area contributed by atoms with Crippen molar-refractivity contribution in [1.29, 1.82) is 0 Å². The Bertz CT molecular complexity index is 632. The summed E-state index contributed by atoms with van der Waals surface area (Å²) < 4.78 is 5.72. The van der Waals surface area contributed by atoms with E-state index in [4.69, 9.17) is 4.74 Å². The zero-order valence-electron chi connectivity index (χ0n) is 12.7.